The van der Waals surface area contributed by atoms with Crippen molar-refractivity contribution in [1.82, 2.24) is 0 Å². The molecule has 0 spiro atoms. The quantitative estimate of drug-likeness (QED) is 0.511. The Hall–Kier alpha value is -3.10. The van der Waals surface area contributed by atoms with Crippen LogP contribution in [0.3, 0.4) is 0 Å². The van der Waals surface area contributed by atoms with Crippen LogP contribution in [0.25, 0.3) is 10.8 Å². The van der Waals surface area contributed by atoms with Crippen molar-refractivity contribution in [2.75, 3.05) is 24.8 Å². The second kappa shape index (κ2) is 9.80. The highest BCUT2D eigenvalue weighted by Crippen LogP contribution is 2.27. The lowest BCUT2D eigenvalue weighted by Crippen LogP contribution is -2.22. The molecule has 9 heteroatoms. The average molecular weight is 462 g/mol. The first-order valence-corrected chi connectivity index (χ1v) is 11.3. The summed E-state index contributed by atoms with van der Waals surface area (Å²) >= 11 is 5.90. The Morgan fingerprint density at radius 1 is 1.00 bits per heavy atom. The summed E-state index contributed by atoms with van der Waals surface area (Å²) in [6.07, 6.45) is -0.372. The van der Waals surface area contributed by atoms with E-state index >= 15 is 0 Å². The first-order chi connectivity index (χ1) is 14.8. The van der Waals surface area contributed by atoms with Gasteiger partial charge in [0.15, 0.2) is 16.4 Å². The predicted octanol–water partition coefficient (Wildman–Crippen LogP) is 3.85. The minimum absolute atomic E-state index is 0.129. The van der Waals surface area contributed by atoms with E-state index in [0.717, 1.165) is 10.8 Å². The molecule has 0 aliphatic rings. The first kappa shape index (κ1) is 22.6. The van der Waals surface area contributed by atoms with Gasteiger partial charge in [0, 0.05) is 5.02 Å². The predicted molar refractivity (Wildman–Crippen MR) is 118 cm³/mol. The first-order valence-electron chi connectivity index (χ1n) is 9.29. The molecule has 0 heterocycles. The van der Waals surface area contributed by atoms with Gasteiger partial charge in [-0.2, -0.15) is 0 Å². The number of esters is 1. The minimum atomic E-state index is -3.68. The Kier molecular flexibility index (Phi) is 7.14. The van der Waals surface area contributed by atoms with E-state index in [0.29, 0.717) is 16.5 Å². The number of sulfone groups is 1. The number of carbonyl (C=O) groups is 2. The minimum Gasteiger partial charge on any atom is -0.495 e. The van der Waals surface area contributed by atoms with E-state index in [1.165, 1.54) is 19.2 Å². The number of amides is 1. The Bertz CT molecular complexity index is 1230. The van der Waals surface area contributed by atoms with Gasteiger partial charge in [0.2, 0.25) is 0 Å². The number of halogens is 1. The van der Waals surface area contributed by atoms with Gasteiger partial charge in [-0.05, 0) is 41.1 Å². The third kappa shape index (κ3) is 5.96. The number of hydrogen-bond acceptors (Lipinski definition) is 6. The highest BCUT2D eigenvalue weighted by Gasteiger charge is 2.18. The molecular weight excluding hydrogens is 442 g/mol. The fourth-order valence-electron chi connectivity index (χ4n) is 2.88. The van der Waals surface area contributed by atoms with Gasteiger partial charge in [0.05, 0.1) is 29.9 Å². The van der Waals surface area contributed by atoms with Crippen molar-refractivity contribution >= 4 is 49.8 Å². The largest absolute Gasteiger partial charge is 0.495 e. The zero-order valence-corrected chi connectivity index (χ0v) is 18.2. The molecule has 0 atom stereocenters. The van der Waals surface area contributed by atoms with Gasteiger partial charge in [-0.15, -0.1) is 0 Å². The van der Waals surface area contributed by atoms with Crippen molar-refractivity contribution in [2.24, 2.45) is 0 Å². The molecule has 3 aromatic carbocycles. The van der Waals surface area contributed by atoms with E-state index in [9.17, 15) is 18.0 Å². The lowest BCUT2D eigenvalue weighted by molar-refractivity contribution is -0.146. The molecule has 31 heavy (non-hydrogen) atoms. The number of hydrogen-bond donors (Lipinski definition) is 1. The number of benzene rings is 3. The van der Waals surface area contributed by atoms with Crippen LogP contribution in [0.2, 0.25) is 5.02 Å². The molecule has 3 aromatic rings. The zero-order chi connectivity index (χ0) is 22.4. The second-order valence-corrected chi connectivity index (χ2v) is 9.18. The van der Waals surface area contributed by atoms with Gasteiger partial charge in [0.1, 0.15) is 5.75 Å². The molecule has 0 aromatic heterocycles. The highest BCUT2D eigenvalue weighted by molar-refractivity contribution is 7.91. The molecule has 162 valence electrons. The summed E-state index contributed by atoms with van der Waals surface area (Å²) in [6.45, 7) is -0.565. The summed E-state index contributed by atoms with van der Waals surface area (Å²) < 4.78 is 35.1. The van der Waals surface area contributed by atoms with Crippen LogP contribution in [-0.2, 0) is 24.2 Å². The summed E-state index contributed by atoms with van der Waals surface area (Å²) in [5, 5.41) is 4.63. The van der Waals surface area contributed by atoms with E-state index in [4.69, 9.17) is 21.1 Å². The summed E-state index contributed by atoms with van der Waals surface area (Å²) in [4.78, 5) is 24.1. The van der Waals surface area contributed by atoms with Crippen LogP contribution in [-0.4, -0.2) is 39.8 Å². The van der Waals surface area contributed by atoms with Gasteiger partial charge < -0.3 is 14.8 Å². The molecule has 1 N–H and O–H groups in total. The third-order valence-electron chi connectivity index (χ3n) is 4.45. The van der Waals surface area contributed by atoms with Gasteiger partial charge in [-0.25, -0.2) is 8.42 Å². The molecule has 0 bridgehead atoms. The molecule has 1 amide bonds. The molecule has 7 nitrogen and oxygen atoms in total. The average Bonchev–Trinajstić information content (AvgIpc) is 2.76. The number of ether oxygens (including phenoxy) is 2. The second-order valence-electron chi connectivity index (χ2n) is 6.63. The fourth-order valence-corrected chi connectivity index (χ4v) is 4.30. The van der Waals surface area contributed by atoms with Gasteiger partial charge in [-0.1, -0.05) is 41.9 Å². The summed E-state index contributed by atoms with van der Waals surface area (Å²) in [7, 11) is -2.24. The fraction of sp³-hybridized carbons (Fsp3) is 0.182. The van der Waals surface area contributed by atoms with Gasteiger partial charge in [-0.3, -0.25) is 9.59 Å². The molecular formula is C22H20ClNO6S. The molecule has 0 saturated heterocycles. The van der Waals surface area contributed by atoms with Gasteiger partial charge >= 0.3 is 5.97 Å². The van der Waals surface area contributed by atoms with Crippen molar-refractivity contribution in [3.63, 3.8) is 0 Å². The smallest absolute Gasteiger partial charge is 0.307 e. The number of fused-ring (bicyclic) bond motifs is 1. The van der Waals surface area contributed by atoms with Crippen molar-refractivity contribution in [3.8, 4) is 5.75 Å². The summed E-state index contributed by atoms with van der Waals surface area (Å²) in [5.41, 5.74) is 0.329. The molecule has 0 aliphatic heterocycles. The summed E-state index contributed by atoms with van der Waals surface area (Å²) in [6, 6.07) is 16.9. The number of nitrogens with one attached hydrogen (secondary N) is 1. The SMILES string of the molecule is COc1ccc(Cl)cc1NC(=O)COC(=O)CCS(=O)(=O)c1ccc2ccccc2c1. The van der Waals surface area contributed by atoms with Crippen LogP contribution < -0.4 is 10.1 Å². The monoisotopic (exact) mass is 461 g/mol. The highest BCUT2D eigenvalue weighted by atomic mass is 35.5. The van der Waals surface area contributed by atoms with Crippen LogP contribution in [0.15, 0.2) is 65.6 Å². The van der Waals surface area contributed by atoms with Crippen molar-refractivity contribution in [1.29, 1.82) is 0 Å². The number of anilines is 1. The molecule has 0 radical (unpaired) electrons. The Morgan fingerprint density at radius 2 is 1.74 bits per heavy atom. The van der Waals surface area contributed by atoms with Gasteiger partial charge in [0.25, 0.3) is 5.91 Å². The topological polar surface area (TPSA) is 98.8 Å². The maximum atomic E-state index is 12.5. The number of methoxy groups -OCH3 is 1. The zero-order valence-electron chi connectivity index (χ0n) is 16.6. The summed E-state index contributed by atoms with van der Waals surface area (Å²) in [5.74, 6) is -1.43. The van der Waals surface area contributed by atoms with Crippen LogP contribution in [0, 0.1) is 0 Å². The molecule has 0 unspecified atom stereocenters. The van der Waals surface area contributed by atoms with E-state index in [1.807, 2.05) is 24.3 Å². The number of rotatable bonds is 8. The van der Waals surface area contributed by atoms with Crippen molar-refractivity contribution in [3.05, 3.63) is 65.7 Å². The lowest BCUT2D eigenvalue weighted by atomic mass is 10.1. The number of carbonyl (C=O) groups excluding carboxylic acids is 2. The van der Waals surface area contributed by atoms with E-state index in [-0.39, 0.29) is 11.3 Å². The Morgan fingerprint density at radius 3 is 2.48 bits per heavy atom. The molecule has 0 aliphatic carbocycles. The molecule has 0 fully saturated rings. The normalized spacial score (nSPS) is 11.2. The molecule has 0 saturated carbocycles. The van der Waals surface area contributed by atoms with Crippen LogP contribution >= 0.6 is 11.6 Å². The van der Waals surface area contributed by atoms with E-state index in [2.05, 4.69) is 5.32 Å². The van der Waals surface area contributed by atoms with Crippen molar-refractivity contribution < 1.29 is 27.5 Å². The Balaban J connectivity index is 1.53. The van der Waals surface area contributed by atoms with Crippen molar-refractivity contribution in [2.45, 2.75) is 11.3 Å². The van der Waals surface area contributed by atoms with Crippen LogP contribution in [0.1, 0.15) is 6.42 Å². The standard InChI is InChI=1S/C22H20ClNO6S/c1-29-20-9-7-17(23)13-19(20)24-21(25)14-30-22(26)10-11-31(27,28)18-8-6-15-4-2-3-5-16(15)12-18/h2-9,12-13H,10-11,14H2,1H3,(H,24,25). The van der Waals surface area contributed by atoms with E-state index < -0.39 is 34.1 Å². The lowest BCUT2D eigenvalue weighted by Gasteiger charge is -2.11. The van der Waals surface area contributed by atoms with E-state index in [1.54, 1.807) is 24.3 Å². The van der Waals surface area contributed by atoms with Crippen LogP contribution in [0.5, 0.6) is 5.75 Å². The third-order valence-corrected chi connectivity index (χ3v) is 6.40. The Labute approximate surface area is 184 Å². The molecule has 3 rings (SSSR count). The maximum Gasteiger partial charge on any atom is 0.307 e. The maximum absolute atomic E-state index is 12.5. The van der Waals surface area contributed by atoms with Crippen LogP contribution in [0.4, 0.5) is 5.69 Å².